The molecule has 0 atom stereocenters. The third kappa shape index (κ3) is 3.16. The van der Waals surface area contributed by atoms with E-state index in [1.165, 1.54) is 29.5 Å². The van der Waals surface area contributed by atoms with Crippen molar-refractivity contribution >= 4 is 28.6 Å². The summed E-state index contributed by atoms with van der Waals surface area (Å²) < 4.78 is 0. The Kier molecular flexibility index (Phi) is 4.35. The summed E-state index contributed by atoms with van der Waals surface area (Å²) in [5.41, 5.74) is 1.89. The van der Waals surface area contributed by atoms with Gasteiger partial charge in [0.2, 0.25) is 0 Å². The molecule has 120 valence electrons. The number of carbonyl (C=O) groups excluding carboxylic acids is 1. The first kappa shape index (κ1) is 15.8. The third-order valence-corrected chi connectivity index (χ3v) is 4.19. The number of nitrogens with one attached hydrogen (secondary N) is 1. The fraction of sp³-hybridized carbons (Fsp3) is 0.0588. The van der Waals surface area contributed by atoms with Crippen LogP contribution in [0.25, 0.3) is 11.3 Å². The van der Waals surface area contributed by atoms with Gasteiger partial charge >= 0.3 is 0 Å². The molecule has 6 nitrogen and oxygen atoms in total. The minimum Gasteiger partial charge on any atom is -0.321 e. The fourth-order valence-electron chi connectivity index (χ4n) is 2.32. The number of nitro benzene ring substituents is 1. The van der Waals surface area contributed by atoms with E-state index in [0.29, 0.717) is 5.69 Å². The van der Waals surface area contributed by atoms with Gasteiger partial charge in [-0.05, 0) is 19.1 Å². The van der Waals surface area contributed by atoms with E-state index in [4.69, 9.17) is 0 Å². The van der Waals surface area contributed by atoms with Crippen molar-refractivity contribution < 1.29 is 9.72 Å². The maximum absolute atomic E-state index is 12.5. The van der Waals surface area contributed by atoms with E-state index < -0.39 is 10.8 Å². The molecular formula is C17H13N3O3S. The molecule has 0 aliphatic rings. The SMILES string of the molecule is Cc1nc(-c2ccccc2NC(=O)c2ccccc2[N+](=O)[O-])cs1. The molecule has 1 heterocycles. The monoisotopic (exact) mass is 339 g/mol. The molecule has 0 aliphatic carbocycles. The van der Waals surface area contributed by atoms with Gasteiger partial charge in [-0.15, -0.1) is 11.3 Å². The van der Waals surface area contributed by atoms with Crippen LogP contribution in [0.5, 0.6) is 0 Å². The molecule has 7 heteroatoms. The number of thiazole rings is 1. The van der Waals surface area contributed by atoms with Gasteiger partial charge in [-0.1, -0.05) is 30.3 Å². The van der Waals surface area contributed by atoms with Crippen molar-refractivity contribution in [1.82, 2.24) is 4.98 Å². The van der Waals surface area contributed by atoms with Crippen LogP contribution in [0.1, 0.15) is 15.4 Å². The molecule has 1 aromatic heterocycles. The summed E-state index contributed by atoms with van der Waals surface area (Å²) in [6.07, 6.45) is 0. The Labute approximate surface area is 141 Å². The number of hydrogen-bond acceptors (Lipinski definition) is 5. The van der Waals surface area contributed by atoms with Gasteiger partial charge in [-0.25, -0.2) is 4.98 Å². The number of aryl methyl sites for hydroxylation is 1. The molecule has 0 saturated carbocycles. The van der Waals surface area contributed by atoms with Crippen molar-refractivity contribution in [2.24, 2.45) is 0 Å². The zero-order valence-corrected chi connectivity index (χ0v) is 13.5. The van der Waals surface area contributed by atoms with Crippen LogP contribution >= 0.6 is 11.3 Å². The predicted molar refractivity (Wildman–Crippen MR) is 93.3 cm³/mol. The van der Waals surface area contributed by atoms with E-state index >= 15 is 0 Å². The summed E-state index contributed by atoms with van der Waals surface area (Å²) in [6.45, 7) is 1.91. The predicted octanol–water partition coefficient (Wildman–Crippen LogP) is 4.28. The molecule has 0 saturated heterocycles. The highest BCUT2D eigenvalue weighted by Gasteiger charge is 2.20. The lowest BCUT2D eigenvalue weighted by Gasteiger charge is -2.09. The van der Waals surface area contributed by atoms with Crippen molar-refractivity contribution in [2.75, 3.05) is 5.32 Å². The molecule has 0 spiro atoms. The molecule has 0 fully saturated rings. The smallest absolute Gasteiger partial charge is 0.282 e. The standard InChI is InChI=1S/C17H13N3O3S/c1-11-18-15(10-24-11)12-6-2-4-8-14(12)19-17(21)13-7-3-5-9-16(13)20(22)23/h2-10H,1H3,(H,19,21). The second-order valence-electron chi connectivity index (χ2n) is 5.03. The van der Waals surface area contributed by atoms with Crippen molar-refractivity contribution in [3.63, 3.8) is 0 Å². The van der Waals surface area contributed by atoms with Crippen LogP contribution in [-0.2, 0) is 0 Å². The van der Waals surface area contributed by atoms with Crippen LogP contribution in [0.15, 0.2) is 53.9 Å². The first-order valence-electron chi connectivity index (χ1n) is 7.12. The number of amides is 1. The van der Waals surface area contributed by atoms with Gasteiger partial charge in [0.25, 0.3) is 11.6 Å². The molecule has 3 rings (SSSR count). The molecule has 2 aromatic carbocycles. The van der Waals surface area contributed by atoms with Crippen molar-refractivity contribution in [3.05, 3.63) is 74.6 Å². The van der Waals surface area contributed by atoms with Crippen molar-refractivity contribution in [2.45, 2.75) is 6.92 Å². The number of rotatable bonds is 4. The van der Waals surface area contributed by atoms with Gasteiger partial charge in [0.1, 0.15) is 5.56 Å². The Morgan fingerprint density at radius 3 is 2.58 bits per heavy atom. The molecule has 0 radical (unpaired) electrons. The second-order valence-corrected chi connectivity index (χ2v) is 6.09. The van der Waals surface area contributed by atoms with Gasteiger partial charge < -0.3 is 5.32 Å². The summed E-state index contributed by atoms with van der Waals surface area (Å²) in [7, 11) is 0. The molecule has 1 amide bonds. The second kappa shape index (κ2) is 6.59. The average molecular weight is 339 g/mol. The summed E-state index contributed by atoms with van der Waals surface area (Å²) in [5, 5.41) is 16.7. The van der Waals surface area contributed by atoms with Gasteiger partial charge in [0, 0.05) is 17.0 Å². The average Bonchev–Trinajstić information content (AvgIpc) is 3.01. The van der Waals surface area contributed by atoms with Crippen LogP contribution in [0, 0.1) is 17.0 Å². The molecule has 0 bridgehead atoms. The van der Waals surface area contributed by atoms with Gasteiger partial charge in [-0.2, -0.15) is 0 Å². The topological polar surface area (TPSA) is 85.1 Å². The number of nitrogens with zero attached hydrogens (tertiary/aromatic N) is 2. The Bertz CT molecular complexity index is 921. The number of aromatic nitrogens is 1. The van der Waals surface area contributed by atoms with Crippen molar-refractivity contribution in [1.29, 1.82) is 0 Å². The Hall–Kier alpha value is -3.06. The Morgan fingerprint density at radius 2 is 1.88 bits per heavy atom. The molecule has 24 heavy (non-hydrogen) atoms. The third-order valence-electron chi connectivity index (χ3n) is 3.42. The van der Waals surface area contributed by atoms with Gasteiger partial charge in [-0.3, -0.25) is 14.9 Å². The van der Waals surface area contributed by atoms with Crippen LogP contribution < -0.4 is 5.32 Å². The molecule has 0 unspecified atom stereocenters. The molecule has 3 aromatic rings. The normalized spacial score (nSPS) is 10.4. The van der Waals surface area contributed by atoms with E-state index in [1.54, 1.807) is 18.2 Å². The number of para-hydroxylation sites is 2. The van der Waals surface area contributed by atoms with E-state index in [2.05, 4.69) is 10.3 Å². The minimum absolute atomic E-state index is 0.0201. The summed E-state index contributed by atoms with van der Waals surface area (Å²) >= 11 is 1.52. The number of carbonyl (C=O) groups is 1. The zero-order chi connectivity index (χ0) is 17.1. The highest BCUT2D eigenvalue weighted by molar-refractivity contribution is 7.09. The molecule has 1 N–H and O–H groups in total. The van der Waals surface area contributed by atoms with Crippen LogP contribution in [-0.4, -0.2) is 15.8 Å². The van der Waals surface area contributed by atoms with Gasteiger partial charge in [0.15, 0.2) is 0 Å². The minimum atomic E-state index is -0.565. The lowest BCUT2D eigenvalue weighted by atomic mass is 10.1. The number of hydrogen-bond donors (Lipinski definition) is 1. The van der Waals surface area contributed by atoms with Crippen LogP contribution in [0.4, 0.5) is 11.4 Å². The lowest BCUT2D eigenvalue weighted by molar-refractivity contribution is -0.385. The van der Waals surface area contributed by atoms with E-state index in [-0.39, 0.29) is 11.3 Å². The van der Waals surface area contributed by atoms with E-state index in [9.17, 15) is 14.9 Å². The first-order chi connectivity index (χ1) is 11.6. The number of benzene rings is 2. The maximum Gasteiger partial charge on any atom is 0.282 e. The summed E-state index contributed by atoms with van der Waals surface area (Å²) in [5.74, 6) is -0.526. The Balaban J connectivity index is 1.95. The summed E-state index contributed by atoms with van der Waals surface area (Å²) in [4.78, 5) is 27.4. The van der Waals surface area contributed by atoms with Crippen LogP contribution in [0.3, 0.4) is 0 Å². The van der Waals surface area contributed by atoms with E-state index in [1.807, 2.05) is 24.4 Å². The largest absolute Gasteiger partial charge is 0.321 e. The lowest BCUT2D eigenvalue weighted by Crippen LogP contribution is -2.14. The molecular weight excluding hydrogens is 326 g/mol. The first-order valence-corrected chi connectivity index (χ1v) is 8.00. The highest BCUT2D eigenvalue weighted by Crippen LogP contribution is 2.29. The summed E-state index contributed by atoms with van der Waals surface area (Å²) in [6, 6.07) is 13.1. The van der Waals surface area contributed by atoms with Crippen LogP contribution in [0.2, 0.25) is 0 Å². The molecule has 0 aliphatic heterocycles. The number of nitro groups is 1. The van der Waals surface area contributed by atoms with Gasteiger partial charge in [0.05, 0.1) is 21.3 Å². The zero-order valence-electron chi connectivity index (χ0n) is 12.7. The maximum atomic E-state index is 12.5. The quantitative estimate of drug-likeness (QED) is 0.568. The van der Waals surface area contributed by atoms with Crippen molar-refractivity contribution in [3.8, 4) is 11.3 Å². The Morgan fingerprint density at radius 1 is 1.17 bits per heavy atom. The number of anilines is 1. The fourth-order valence-corrected chi connectivity index (χ4v) is 2.93. The highest BCUT2D eigenvalue weighted by atomic mass is 32.1. The van der Waals surface area contributed by atoms with E-state index in [0.717, 1.165) is 16.3 Å².